The van der Waals surface area contributed by atoms with Gasteiger partial charge in [-0.25, -0.2) is 4.98 Å². The average molecular weight is 280 g/mol. The van der Waals surface area contributed by atoms with Crippen molar-refractivity contribution in [3.8, 4) is 0 Å². The Hall–Kier alpha value is -1.26. The first-order valence-corrected chi connectivity index (χ1v) is 7.11. The maximum atomic E-state index is 6.18. The lowest BCUT2D eigenvalue weighted by Crippen LogP contribution is -2.46. The van der Waals surface area contributed by atoms with Gasteiger partial charge in [0.15, 0.2) is 0 Å². The van der Waals surface area contributed by atoms with Crippen molar-refractivity contribution in [1.29, 1.82) is 0 Å². The lowest BCUT2D eigenvalue weighted by Gasteiger charge is -2.36. The molecule has 1 aliphatic heterocycles. The number of alkyl halides is 1. The summed E-state index contributed by atoms with van der Waals surface area (Å²) in [6.45, 7) is 1.51. The molecule has 1 fully saturated rings. The number of imidazole rings is 1. The van der Waals surface area contributed by atoms with E-state index in [4.69, 9.17) is 16.3 Å². The molecule has 2 heterocycles. The Labute approximate surface area is 117 Å². The Bertz CT molecular complexity index is 575. The van der Waals surface area contributed by atoms with Gasteiger partial charge in [0.25, 0.3) is 0 Å². The zero-order valence-corrected chi connectivity index (χ0v) is 11.8. The van der Waals surface area contributed by atoms with E-state index in [0.29, 0.717) is 5.88 Å². The topological polar surface area (TPSA) is 39.1 Å². The SMILES string of the molecule is Cn1c(NC2(CCl)CCOCC2)nc2ccccc21. The van der Waals surface area contributed by atoms with E-state index in [-0.39, 0.29) is 5.54 Å². The number of para-hydroxylation sites is 2. The molecule has 0 spiro atoms. The number of nitrogens with zero attached hydrogens (tertiary/aromatic N) is 2. The number of rotatable bonds is 3. The summed E-state index contributed by atoms with van der Waals surface area (Å²) in [4.78, 5) is 4.65. The molecule has 0 atom stereocenters. The smallest absolute Gasteiger partial charge is 0.204 e. The number of fused-ring (bicyclic) bond motifs is 1. The normalized spacial score (nSPS) is 18.6. The summed E-state index contributed by atoms with van der Waals surface area (Å²) < 4.78 is 7.51. The number of aromatic nitrogens is 2. The highest BCUT2D eigenvalue weighted by atomic mass is 35.5. The van der Waals surface area contributed by atoms with Crippen LogP contribution in [0.3, 0.4) is 0 Å². The molecule has 5 heteroatoms. The van der Waals surface area contributed by atoms with E-state index in [0.717, 1.165) is 43.0 Å². The number of benzene rings is 1. The van der Waals surface area contributed by atoms with Crippen molar-refractivity contribution in [2.75, 3.05) is 24.4 Å². The van der Waals surface area contributed by atoms with Gasteiger partial charge in [-0.2, -0.15) is 0 Å². The molecule has 0 saturated carbocycles. The molecule has 0 unspecified atom stereocenters. The van der Waals surface area contributed by atoms with Crippen LogP contribution in [0.1, 0.15) is 12.8 Å². The van der Waals surface area contributed by atoms with Crippen LogP contribution in [-0.4, -0.2) is 34.2 Å². The van der Waals surface area contributed by atoms with E-state index in [1.54, 1.807) is 0 Å². The first kappa shape index (κ1) is 12.8. The van der Waals surface area contributed by atoms with E-state index in [9.17, 15) is 0 Å². The van der Waals surface area contributed by atoms with Crippen LogP contribution < -0.4 is 5.32 Å². The van der Waals surface area contributed by atoms with Crippen molar-refractivity contribution < 1.29 is 4.74 Å². The maximum Gasteiger partial charge on any atom is 0.204 e. The van der Waals surface area contributed by atoms with Gasteiger partial charge in [-0.3, -0.25) is 0 Å². The molecule has 19 heavy (non-hydrogen) atoms. The molecule has 2 aromatic rings. The summed E-state index contributed by atoms with van der Waals surface area (Å²) in [6, 6.07) is 8.13. The third-order valence-electron chi connectivity index (χ3n) is 3.87. The molecule has 1 aliphatic rings. The second-order valence-corrected chi connectivity index (χ2v) is 5.40. The van der Waals surface area contributed by atoms with Gasteiger partial charge in [0, 0.05) is 26.1 Å². The van der Waals surface area contributed by atoms with E-state index < -0.39 is 0 Å². The number of ether oxygens (including phenoxy) is 1. The summed E-state index contributed by atoms with van der Waals surface area (Å²) in [5.74, 6) is 1.45. The second-order valence-electron chi connectivity index (χ2n) is 5.13. The van der Waals surface area contributed by atoms with Gasteiger partial charge in [0.2, 0.25) is 5.95 Å². The molecule has 1 aromatic heterocycles. The van der Waals surface area contributed by atoms with Crippen molar-refractivity contribution in [2.24, 2.45) is 7.05 Å². The zero-order valence-electron chi connectivity index (χ0n) is 11.0. The average Bonchev–Trinajstić information content (AvgIpc) is 2.77. The molecule has 0 aliphatic carbocycles. The summed E-state index contributed by atoms with van der Waals surface area (Å²) in [5.41, 5.74) is 2.03. The van der Waals surface area contributed by atoms with Gasteiger partial charge >= 0.3 is 0 Å². The predicted molar refractivity (Wildman–Crippen MR) is 77.8 cm³/mol. The molecule has 3 rings (SSSR count). The van der Waals surface area contributed by atoms with Crippen LogP contribution in [0.15, 0.2) is 24.3 Å². The van der Waals surface area contributed by atoms with Crippen molar-refractivity contribution in [1.82, 2.24) is 9.55 Å². The molecular formula is C14H18ClN3O. The van der Waals surface area contributed by atoms with Gasteiger partial charge < -0.3 is 14.6 Å². The highest BCUT2D eigenvalue weighted by molar-refractivity contribution is 6.18. The quantitative estimate of drug-likeness (QED) is 0.878. The van der Waals surface area contributed by atoms with Gasteiger partial charge in [-0.1, -0.05) is 12.1 Å². The highest BCUT2D eigenvalue weighted by Crippen LogP contribution is 2.28. The van der Waals surface area contributed by atoms with E-state index in [1.165, 1.54) is 0 Å². The van der Waals surface area contributed by atoms with Crippen LogP contribution >= 0.6 is 11.6 Å². The Morgan fingerprint density at radius 3 is 2.79 bits per heavy atom. The lowest BCUT2D eigenvalue weighted by molar-refractivity contribution is 0.0665. The van der Waals surface area contributed by atoms with Crippen molar-refractivity contribution in [3.63, 3.8) is 0 Å². The van der Waals surface area contributed by atoms with Crippen LogP contribution in [-0.2, 0) is 11.8 Å². The van der Waals surface area contributed by atoms with Crippen LogP contribution in [0, 0.1) is 0 Å². The Kier molecular flexibility index (Phi) is 3.37. The largest absolute Gasteiger partial charge is 0.381 e. The van der Waals surface area contributed by atoms with Gasteiger partial charge in [-0.15, -0.1) is 11.6 Å². The minimum absolute atomic E-state index is 0.102. The first-order valence-electron chi connectivity index (χ1n) is 6.57. The molecule has 0 bridgehead atoms. The first-order chi connectivity index (χ1) is 9.24. The molecule has 0 radical (unpaired) electrons. The summed E-state index contributed by atoms with van der Waals surface area (Å²) >= 11 is 6.18. The molecule has 102 valence electrons. The van der Waals surface area contributed by atoms with Gasteiger partial charge in [0.1, 0.15) is 0 Å². The molecule has 1 aromatic carbocycles. The van der Waals surface area contributed by atoms with Crippen LogP contribution in [0.5, 0.6) is 0 Å². The fraction of sp³-hybridized carbons (Fsp3) is 0.500. The number of hydrogen-bond acceptors (Lipinski definition) is 3. The fourth-order valence-corrected chi connectivity index (χ4v) is 2.88. The third-order valence-corrected chi connectivity index (χ3v) is 4.38. The van der Waals surface area contributed by atoms with Crippen LogP contribution in [0.4, 0.5) is 5.95 Å². The van der Waals surface area contributed by atoms with E-state index >= 15 is 0 Å². The minimum atomic E-state index is -0.102. The minimum Gasteiger partial charge on any atom is -0.381 e. The fourth-order valence-electron chi connectivity index (χ4n) is 2.55. The number of halogens is 1. The van der Waals surface area contributed by atoms with E-state index in [2.05, 4.69) is 20.9 Å². The molecule has 1 saturated heterocycles. The van der Waals surface area contributed by atoms with Crippen LogP contribution in [0.2, 0.25) is 0 Å². The monoisotopic (exact) mass is 279 g/mol. The predicted octanol–water partition coefficient (Wildman–Crippen LogP) is 2.77. The highest BCUT2D eigenvalue weighted by Gasteiger charge is 2.32. The van der Waals surface area contributed by atoms with E-state index in [1.807, 2.05) is 25.2 Å². The van der Waals surface area contributed by atoms with Gasteiger partial charge in [-0.05, 0) is 25.0 Å². The molecule has 1 N–H and O–H groups in total. The lowest BCUT2D eigenvalue weighted by atomic mass is 9.92. The molecule has 0 amide bonds. The number of hydrogen-bond donors (Lipinski definition) is 1. The zero-order chi connectivity index (χ0) is 13.3. The number of aryl methyl sites for hydroxylation is 1. The number of nitrogens with one attached hydrogen (secondary N) is 1. The molecular weight excluding hydrogens is 262 g/mol. The summed E-state index contributed by atoms with van der Waals surface area (Å²) in [5, 5.41) is 3.54. The summed E-state index contributed by atoms with van der Waals surface area (Å²) in [6.07, 6.45) is 1.83. The van der Waals surface area contributed by atoms with Crippen molar-refractivity contribution >= 4 is 28.6 Å². The Morgan fingerprint density at radius 2 is 2.11 bits per heavy atom. The van der Waals surface area contributed by atoms with Crippen LogP contribution in [0.25, 0.3) is 11.0 Å². The Balaban J connectivity index is 1.93. The molecule has 4 nitrogen and oxygen atoms in total. The number of anilines is 1. The maximum absolute atomic E-state index is 6.18. The standard InChI is InChI=1S/C14H18ClN3O/c1-18-12-5-3-2-4-11(12)16-13(18)17-14(10-15)6-8-19-9-7-14/h2-5H,6-10H2,1H3,(H,16,17). The second kappa shape index (κ2) is 5.02. The third kappa shape index (κ3) is 2.30. The van der Waals surface area contributed by atoms with Crippen molar-refractivity contribution in [3.05, 3.63) is 24.3 Å². The van der Waals surface area contributed by atoms with Gasteiger partial charge in [0.05, 0.1) is 16.6 Å². The Morgan fingerprint density at radius 1 is 1.37 bits per heavy atom. The van der Waals surface area contributed by atoms with Crippen molar-refractivity contribution in [2.45, 2.75) is 18.4 Å². The summed E-state index contributed by atoms with van der Waals surface area (Å²) in [7, 11) is 2.03.